The molecular formula is C20H25F3N4O2. The van der Waals surface area contributed by atoms with Gasteiger partial charge in [0, 0.05) is 31.4 Å². The number of pyridine rings is 1. The lowest BCUT2D eigenvalue weighted by atomic mass is 10.2. The molecule has 2 aromatic rings. The van der Waals surface area contributed by atoms with E-state index in [0.29, 0.717) is 19.0 Å². The van der Waals surface area contributed by atoms with Crippen molar-refractivity contribution in [2.75, 3.05) is 26.2 Å². The molecule has 0 bridgehead atoms. The molecule has 158 valence electrons. The van der Waals surface area contributed by atoms with Gasteiger partial charge in [0.15, 0.2) is 5.96 Å². The van der Waals surface area contributed by atoms with Crippen LogP contribution in [0.4, 0.5) is 13.2 Å². The number of halogens is 3. The van der Waals surface area contributed by atoms with Gasteiger partial charge >= 0.3 is 6.18 Å². The molecule has 1 aromatic carbocycles. The maximum atomic E-state index is 12.5. The lowest BCUT2D eigenvalue weighted by Gasteiger charge is -2.14. The number of ether oxygens (including phenoxy) is 1. The quantitative estimate of drug-likeness (QED) is 0.438. The fraction of sp³-hybridized carbons (Fsp3) is 0.400. The van der Waals surface area contributed by atoms with E-state index in [1.54, 1.807) is 6.20 Å². The topological polar surface area (TPSA) is 78.8 Å². The van der Waals surface area contributed by atoms with Crippen LogP contribution in [0.2, 0.25) is 0 Å². The van der Waals surface area contributed by atoms with Crippen molar-refractivity contribution >= 4 is 5.96 Å². The van der Waals surface area contributed by atoms with Gasteiger partial charge < -0.3 is 20.5 Å². The van der Waals surface area contributed by atoms with Crippen LogP contribution in [0.3, 0.4) is 0 Å². The first-order valence-electron chi connectivity index (χ1n) is 9.28. The first-order chi connectivity index (χ1) is 13.9. The Morgan fingerprint density at radius 1 is 1.17 bits per heavy atom. The molecule has 0 aliphatic carbocycles. The Balaban J connectivity index is 1.77. The lowest BCUT2D eigenvalue weighted by molar-refractivity contribution is -0.137. The number of guanidine groups is 1. The van der Waals surface area contributed by atoms with Crippen molar-refractivity contribution in [2.24, 2.45) is 4.99 Å². The summed E-state index contributed by atoms with van der Waals surface area (Å²) in [7, 11) is 0. The smallest absolute Gasteiger partial charge is 0.416 e. The second-order valence-electron chi connectivity index (χ2n) is 6.20. The Bertz CT molecular complexity index is 753. The minimum Gasteiger partial charge on any atom is -0.491 e. The Morgan fingerprint density at radius 2 is 1.93 bits per heavy atom. The number of aliphatic hydroxyl groups excluding tert-OH is 1. The number of rotatable bonds is 9. The summed E-state index contributed by atoms with van der Waals surface area (Å²) in [5.41, 5.74) is 0.211. The zero-order valence-corrected chi connectivity index (χ0v) is 16.1. The van der Waals surface area contributed by atoms with E-state index in [1.807, 2.05) is 25.1 Å². The number of benzene rings is 1. The fourth-order valence-electron chi connectivity index (χ4n) is 2.38. The molecule has 0 aliphatic rings. The van der Waals surface area contributed by atoms with Gasteiger partial charge in [-0.3, -0.25) is 9.98 Å². The standard InChI is InChI=1S/C20H25F3N4O2/c1-2-24-19(26-12-10-16-5-3-4-11-25-16)27-13-17(28)14-29-18-8-6-15(7-9-18)20(21,22)23/h3-9,11,17,28H,2,10,12-14H2,1H3,(H2,24,26,27). The third-order valence-corrected chi connectivity index (χ3v) is 3.83. The average molecular weight is 410 g/mol. The van der Waals surface area contributed by atoms with Crippen molar-refractivity contribution in [3.8, 4) is 5.75 Å². The van der Waals surface area contributed by atoms with Crippen LogP contribution >= 0.6 is 0 Å². The molecule has 0 saturated carbocycles. The SMILES string of the molecule is CCNC(=NCC(O)COc1ccc(C(F)(F)F)cc1)NCCc1ccccn1. The largest absolute Gasteiger partial charge is 0.491 e. The number of aromatic nitrogens is 1. The molecule has 1 heterocycles. The van der Waals surface area contributed by atoms with Gasteiger partial charge in [0.1, 0.15) is 18.5 Å². The summed E-state index contributed by atoms with van der Waals surface area (Å²) in [6.07, 6.45) is -2.82. The van der Waals surface area contributed by atoms with Crippen molar-refractivity contribution in [3.63, 3.8) is 0 Å². The summed E-state index contributed by atoms with van der Waals surface area (Å²) >= 11 is 0. The summed E-state index contributed by atoms with van der Waals surface area (Å²) < 4.78 is 43.0. The van der Waals surface area contributed by atoms with Gasteiger partial charge in [-0.25, -0.2) is 0 Å². The molecule has 0 aliphatic heterocycles. The molecule has 1 atom stereocenters. The lowest BCUT2D eigenvalue weighted by Crippen LogP contribution is -2.39. The summed E-state index contributed by atoms with van der Waals surface area (Å²) in [5.74, 6) is 0.804. The van der Waals surface area contributed by atoms with Crippen LogP contribution in [0.1, 0.15) is 18.2 Å². The van der Waals surface area contributed by atoms with Crippen molar-refractivity contribution in [1.29, 1.82) is 0 Å². The molecule has 29 heavy (non-hydrogen) atoms. The van der Waals surface area contributed by atoms with E-state index in [2.05, 4.69) is 20.6 Å². The molecule has 9 heteroatoms. The Morgan fingerprint density at radius 3 is 2.55 bits per heavy atom. The molecule has 3 N–H and O–H groups in total. The van der Waals surface area contributed by atoms with Crippen LogP contribution < -0.4 is 15.4 Å². The molecular weight excluding hydrogens is 385 g/mol. The van der Waals surface area contributed by atoms with Gasteiger partial charge in [-0.15, -0.1) is 0 Å². The fourth-order valence-corrected chi connectivity index (χ4v) is 2.38. The van der Waals surface area contributed by atoms with E-state index in [-0.39, 0.29) is 18.9 Å². The highest BCUT2D eigenvalue weighted by Gasteiger charge is 2.30. The number of hydrogen-bond acceptors (Lipinski definition) is 4. The maximum absolute atomic E-state index is 12.5. The number of hydrogen-bond donors (Lipinski definition) is 3. The molecule has 0 fully saturated rings. The minimum atomic E-state index is -4.39. The van der Waals surface area contributed by atoms with Gasteiger partial charge in [-0.2, -0.15) is 13.2 Å². The van der Waals surface area contributed by atoms with E-state index in [9.17, 15) is 18.3 Å². The van der Waals surface area contributed by atoms with E-state index in [0.717, 1.165) is 24.2 Å². The molecule has 0 spiro atoms. The van der Waals surface area contributed by atoms with Crippen LogP contribution in [0, 0.1) is 0 Å². The van der Waals surface area contributed by atoms with Gasteiger partial charge in [0.05, 0.1) is 12.1 Å². The number of aliphatic hydroxyl groups is 1. The second kappa shape index (κ2) is 11.3. The third kappa shape index (κ3) is 8.39. The third-order valence-electron chi connectivity index (χ3n) is 3.83. The predicted molar refractivity (Wildman–Crippen MR) is 105 cm³/mol. The molecule has 6 nitrogen and oxygen atoms in total. The van der Waals surface area contributed by atoms with Crippen LogP contribution in [0.25, 0.3) is 0 Å². The Labute approximate surface area is 167 Å². The van der Waals surface area contributed by atoms with Crippen molar-refractivity contribution < 1.29 is 23.0 Å². The summed E-state index contributed by atoms with van der Waals surface area (Å²) in [5, 5.41) is 16.3. The van der Waals surface area contributed by atoms with Crippen molar-refractivity contribution in [1.82, 2.24) is 15.6 Å². The average Bonchev–Trinajstić information content (AvgIpc) is 2.71. The highest BCUT2D eigenvalue weighted by molar-refractivity contribution is 5.79. The van der Waals surface area contributed by atoms with E-state index < -0.39 is 17.8 Å². The summed E-state index contributed by atoms with van der Waals surface area (Å²) in [6, 6.07) is 10.0. The molecule has 0 saturated heterocycles. The van der Waals surface area contributed by atoms with Gasteiger partial charge in [-0.1, -0.05) is 6.07 Å². The molecule has 2 rings (SSSR count). The summed E-state index contributed by atoms with van der Waals surface area (Å²) in [6.45, 7) is 3.22. The molecule has 0 amide bonds. The number of aliphatic imine (C=N–C) groups is 1. The highest BCUT2D eigenvalue weighted by Crippen LogP contribution is 2.30. The van der Waals surface area contributed by atoms with Gasteiger partial charge in [-0.05, 0) is 43.3 Å². The Hall–Kier alpha value is -2.81. The number of alkyl halides is 3. The van der Waals surface area contributed by atoms with Crippen molar-refractivity contribution in [3.05, 3.63) is 59.9 Å². The summed E-state index contributed by atoms with van der Waals surface area (Å²) in [4.78, 5) is 8.55. The predicted octanol–water partition coefficient (Wildman–Crippen LogP) is 2.64. The van der Waals surface area contributed by atoms with Crippen LogP contribution in [-0.4, -0.2) is 48.4 Å². The minimum absolute atomic E-state index is 0.0811. The van der Waals surface area contributed by atoms with Crippen LogP contribution in [0.5, 0.6) is 5.75 Å². The maximum Gasteiger partial charge on any atom is 0.416 e. The molecule has 1 aromatic heterocycles. The van der Waals surface area contributed by atoms with E-state index >= 15 is 0 Å². The van der Waals surface area contributed by atoms with Crippen LogP contribution in [0.15, 0.2) is 53.7 Å². The highest BCUT2D eigenvalue weighted by atomic mass is 19.4. The van der Waals surface area contributed by atoms with E-state index in [1.165, 1.54) is 12.1 Å². The molecule has 0 radical (unpaired) electrons. The van der Waals surface area contributed by atoms with Crippen molar-refractivity contribution in [2.45, 2.75) is 25.6 Å². The normalized spacial score (nSPS) is 13.1. The zero-order chi connectivity index (χ0) is 21.1. The second-order valence-corrected chi connectivity index (χ2v) is 6.20. The van der Waals surface area contributed by atoms with E-state index in [4.69, 9.17) is 4.74 Å². The van der Waals surface area contributed by atoms with Gasteiger partial charge in [0.2, 0.25) is 0 Å². The zero-order valence-electron chi connectivity index (χ0n) is 16.1. The molecule has 1 unspecified atom stereocenters. The van der Waals surface area contributed by atoms with Gasteiger partial charge in [0.25, 0.3) is 0 Å². The number of nitrogens with one attached hydrogen (secondary N) is 2. The first-order valence-corrected chi connectivity index (χ1v) is 9.28. The van der Waals surface area contributed by atoms with Crippen LogP contribution in [-0.2, 0) is 12.6 Å². The first kappa shape index (κ1) is 22.5. The number of nitrogens with zero attached hydrogens (tertiary/aromatic N) is 2. The Kier molecular flexibility index (Phi) is 8.72. The monoisotopic (exact) mass is 410 g/mol.